The van der Waals surface area contributed by atoms with Crippen molar-refractivity contribution in [3.63, 3.8) is 0 Å². The maximum Gasteiger partial charge on any atom is -1.00 e. The fourth-order valence-electron chi connectivity index (χ4n) is 3.97. The molecule has 0 amide bonds. The van der Waals surface area contributed by atoms with Crippen LogP contribution in [0.25, 0.3) is 16.3 Å². The Morgan fingerprint density at radius 1 is 0.833 bits per heavy atom. The zero-order valence-electron chi connectivity index (χ0n) is 17.3. The summed E-state index contributed by atoms with van der Waals surface area (Å²) in [7, 11) is 4.28. The molecule has 0 spiro atoms. The Morgan fingerprint density at radius 2 is 1.53 bits per heavy atom. The molecule has 0 radical (unpaired) electrons. The summed E-state index contributed by atoms with van der Waals surface area (Å²) in [6.07, 6.45) is 5.62. The van der Waals surface area contributed by atoms with Gasteiger partial charge in [0.2, 0.25) is 0 Å². The summed E-state index contributed by atoms with van der Waals surface area (Å²) in [6, 6.07) is 24.0. The summed E-state index contributed by atoms with van der Waals surface area (Å²) in [5.41, 5.74) is 6.95. The molecule has 3 aromatic carbocycles. The van der Waals surface area contributed by atoms with Crippen LogP contribution in [0.1, 0.15) is 17.5 Å². The maximum absolute atomic E-state index is 2.35. The van der Waals surface area contributed by atoms with E-state index >= 15 is 0 Å². The topological polar surface area (TPSA) is 6.48 Å². The molecule has 0 bridgehead atoms. The molecule has 4 rings (SSSR count). The molecule has 0 fully saturated rings. The number of para-hydroxylation sites is 1. The Bertz CT molecular complexity index is 1050. The number of rotatable bonds is 6. The largest absolute Gasteiger partial charge is 1.00 e. The number of hydrogen-bond donors (Lipinski definition) is 0. The number of hydrogen-bond acceptors (Lipinski definition) is 2. The predicted octanol–water partition coefficient (Wildman–Crippen LogP) is -0.409. The van der Waals surface area contributed by atoms with Gasteiger partial charge in [-0.05, 0) is 0 Å². The van der Waals surface area contributed by atoms with Crippen LogP contribution in [0.3, 0.4) is 0 Å². The number of fused-ring (bicyclic) bond motifs is 1. The van der Waals surface area contributed by atoms with Crippen LogP contribution in [0, 0.1) is 0 Å². The van der Waals surface area contributed by atoms with Crippen LogP contribution >= 0.6 is 0 Å². The number of benzene rings is 3. The van der Waals surface area contributed by atoms with E-state index in [1.807, 2.05) is 0 Å². The van der Waals surface area contributed by atoms with Crippen LogP contribution in [-0.4, -0.2) is 25.5 Å². The second-order valence-electron chi connectivity index (χ2n) is 7.58. The zero-order chi connectivity index (χ0) is 19.5. The average molecular weight is 472 g/mol. The van der Waals surface area contributed by atoms with Crippen LogP contribution in [-0.2, 0) is 27.2 Å². The van der Waals surface area contributed by atoms with Gasteiger partial charge >= 0.3 is 180 Å². The van der Waals surface area contributed by atoms with E-state index in [0.29, 0.717) is 0 Å². The first-order valence-corrected chi connectivity index (χ1v) is 10.4. The van der Waals surface area contributed by atoms with E-state index < -0.39 is 0 Å². The number of allylic oxidation sites excluding steroid dienone is 2. The van der Waals surface area contributed by atoms with Crippen LogP contribution < -0.4 is 28.2 Å². The van der Waals surface area contributed by atoms with Crippen LogP contribution in [0.5, 0.6) is 0 Å². The normalized spacial score (nSPS) is 12.8. The van der Waals surface area contributed by atoms with Gasteiger partial charge < -0.3 is 24.8 Å². The third-order valence-electron chi connectivity index (χ3n) is 5.27. The van der Waals surface area contributed by atoms with Gasteiger partial charge in [-0.25, -0.2) is 0 Å². The van der Waals surface area contributed by atoms with Gasteiger partial charge in [0.05, 0.1) is 0 Å². The Hall–Kier alpha value is -1.55. The third-order valence-corrected chi connectivity index (χ3v) is 5.92. The van der Waals surface area contributed by atoms with Gasteiger partial charge in [0.1, 0.15) is 0 Å². The average Bonchev–Trinajstić information content (AvgIpc) is 3.16. The second-order valence-corrected chi connectivity index (χ2v) is 8.43. The molecule has 5 heteroatoms. The first-order valence-electron chi connectivity index (χ1n) is 9.71. The molecular weight excluding hydrogens is 447 g/mol. The number of nitrogens with zero attached hydrogens (tertiary/aromatic N) is 2. The van der Waals surface area contributed by atoms with Crippen molar-refractivity contribution in [1.82, 2.24) is 4.90 Å². The first kappa shape index (κ1) is 24.7. The Kier molecular flexibility index (Phi) is 9.21. The van der Waals surface area contributed by atoms with Gasteiger partial charge in [-0.3, -0.25) is 0 Å². The van der Waals surface area contributed by atoms with E-state index in [1.165, 1.54) is 38.7 Å². The van der Waals surface area contributed by atoms with E-state index in [9.17, 15) is 0 Å². The molecule has 0 aromatic heterocycles. The molecule has 1 aliphatic rings. The molecule has 0 N–H and O–H groups in total. The smallest absolute Gasteiger partial charge is 1.00 e. The molecular formula is C25H25Cl2N2Ti. The number of halogens is 2. The minimum Gasteiger partial charge on any atom is -1.00 e. The third kappa shape index (κ3) is 5.38. The molecule has 0 saturated heterocycles. The van der Waals surface area contributed by atoms with E-state index in [1.54, 1.807) is 0 Å². The van der Waals surface area contributed by atoms with Crippen LogP contribution in [0.2, 0.25) is 0 Å². The molecule has 0 heterocycles. The zero-order valence-corrected chi connectivity index (χ0v) is 20.4. The van der Waals surface area contributed by atoms with Crippen molar-refractivity contribution in [1.29, 1.82) is 0 Å². The summed E-state index contributed by atoms with van der Waals surface area (Å²) in [4.78, 5) is 2.25. The van der Waals surface area contributed by atoms with Crippen molar-refractivity contribution >= 4 is 22.0 Å². The van der Waals surface area contributed by atoms with Gasteiger partial charge in [0.25, 0.3) is 0 Å². The fourth-order valence-corrected chi connectivity index (χ4v) is 4.45. The summed E-state index contributed by atoms with van der Waals surface area (Å²) in [6.45, 7) is 1.87. The number of likely N-dealkylation sites (N-methyl/N-ethyl adjacent to an activating group) is 1. The predicted molar refractivity (Wildman–Crippen MR) is 116 cm³/mol. The van der Waals surface area contributed by atoms with Gasteiger partial charge in [0, 0.05) is 0 Å². The van der Waals surface area contributed by atoms with Crippen molar-refractivity contribution in [2.45, 2.75) is 13.0 Å². The summed E-state index contributed by atoms with van der Waals surface area (Å²) in [5.74, 6) is 0. The summed E-state index contributed by atoms with van der Waals surface area (Å²) >= 11 is 2.18. The second kappa shape index (κ2) is 11.2. The van der Waals surface area contributed by atoms with E-state index in [4.69, 9.17) is 0 Å². The molecule has 2 nitrogen and oxygen atoms in total. The van der Waals surface area contributed by atoms with E-state index in [-0.39, 0.29) is 24.8 Å². The SMILES string of the molecule is CN(C)CC1=C(c2ccc3ccccc3c2C[N]([Ti+2])c2ccccc2)CC=C1.[Cl-].[Cl-]. The molecule has 0 unspecified atom stereocenters. The maximum atomic E-state index is 2.35. The van der Waals surface area contributed by atoms with Gasteiger partial charge in [0.15, 0.2) is 0 Å². The van der Waals surface area contributed by atoms with Gasteiger partial charge in [-0.15, -0.1) is 0 Å². The molecule has 0 saturated carbocycles. The summed E-state index contributed by atoms with van der Waals surface area (Å²) < 4.78 is 2.35. The van der Waals surface area contributed by atoms with Crippen molar-refractivity contribution in [3.05, 3.63) is 95.6 Å². The van der Waals surface area contributed by atoms with Gasteiger partial charge in [-0.2, -0.15) is 0 Å². The molecule has 1 aliphatic carbocycles. The summed E-state index contributed by atoms with van der Waals surface area (Å²) in [5, 5.41) is 2.66. The van der Waals surface area contributed by atoms with E-state index in [0.717, 1.165) is 19.5 Å². The van der Waals surface area contributed by atoms with Crippen molar-refractivity contribution in [2.24, 2.45) is 0 Å². The van der Waals surface area contributed by atoms with Crippen molar-refractivity contribution in [2.75, 3.05) is 24.0 Å². The van der Waals surface area contributed by atoms with Crippen LogP contribution in [0.15, 0.2) is 84.5 Å². The van der Waals surface area contributed by atoms with Crippen molar-refractivity contribution < 1.29 is 45.5 Å². The molecule has 3 aromatic rings. The van der Waals surface area contributed by atoms with Gasteiger partial charge in [-0.1, -0.05) is 0 Å². The first-order chi connectivity index (χ1) is 13.6. The fraction of sp³-hybridized carbons (Fsp3) is 0.200. The Balaban J connectivity index is 0.00000160. The van der Waals surface area contributed by atoms with Crippen molar-refractivity contribution in [3.8, 4) is 0 Å². The minimum atomic E-state index is 0. The Morgan fingerprint density at radius 3 is 2.27 bits per heavy atom. The minimum absolute atomic E-state index is 0. The molecule has 0 aliphatic heterocycles. The molecule has 30 heavy (non-hydrogen) atoms. The van der Waals surface area contributed by atoms with E-state index in [2.05, 4.69) is 122 Å². The monoisotopic (exact) mass is 471 g/mol. The number of anilines is 1. The molecule has 0 atom stereocenters. The van der Waals surface area contributed by atoms with Crippen LogP contribution in [0.4, 0.5) is 5.69 Å². The Labute approximate surface area is 204 Å². The molecule has 153 valence electrons. The standard InChI is InChI=1S/C25H25N2.2ClH.Ti/c1-27(2)18-20-10-8-14-23(20)24-16-15-19-9-6-7-13-22(19)25(24)17-26-21-11-4-3-5-12-21;;;/h3-13,15-16H,14,17-18H2,1-2H3;2*1H;/q-1;;;+3/p-2. The quantitative estimate of drug-likeness (QED) is 0.451.